The van der Waals surface area contributed by atoms with Crippen molar-refractivity contribution in [3.8, 4) is 0 Å². The first-order chi connectivity index (χ1) is 14.0. The first kappa shape index (κ1) is 21.8. The van der Waals surface area contributed by atoms with Crippen LogP contribution in [0, 0.1) is 5.92 Å². The summed E-state index contributed by atoms with van der Waals surface area (Å²) in [7, 11) is 2.22. The summed E-state index contributed by atoms with van der Waals surface area (Å²) in [6.45, 7) is 5.92. The molecule has 1 atom stereocenters. The molecule has 2 fully saturated rings. The van der Waals surface area contributed by atoms with E-state index in [0.717, 1.165) is 19.4 Å². The summed E-state index contributed by atoms with van der Waals surface area (Å²) in [5.41, 5.74) is 2.45. The zero-order chi connectivity index (χ0) is 20.8. The maximum Gasteiger partial charge on any atom is 0.243 e. The molecule has 2 amide bonds. The van der Waals surface area contributed by atoms with Crippen molar-refractivity contribution in [1.82, 2.24) is 15.1 Å². The fourth-order valence-corrected chi connectivity index (χ4v) is 4.74. The highest BCUT2D eigenvalue weighted by Crippen LogP contribution is 2.24. The molecule has 1 saturated carbocycles. The lowest BCUT2D eigenvalue weighted by atomic mass is 9.94. The summed E-state index contributed by atoms with van der Waals surface area (Å²) in [4.78, 5) is 29.5. The third-order valence-electron chi connectivity index (χ3n) is 6.52. The Bertz CT molecular complexity index is 697. The Hall–Kier alpha value is -1.88. The number of hydrogen-bond donors (Lipinski definition) is 1. The van der Waals surface area contributed by atoms with Gasteiger partial charge in [0.2, 0.25) is 11.8 Å². The first-order valence-electron chi connectivity index (χ1n) is 11.3. The number of carbonyl (C=O) groups excluding carboxylic acids is 2. The van der Waals surface area contributed by atoms with Crippen molar-refractivity contribution in [3.63, 3.8) is 0 Å². The number of likely N-dealkylation sites (tertiary alicyclic amines) is 1. The molecular weight excluding hydrogens is 362 g/mol. The van der Waals surface area contributed by atoms with Crippen LogP contribution in [-0.4, -0.2) is 47.3 Å². The molecule has 0 spiro atoms. The maximum atomic E-state index is 12.8. The number of hydrogen-bond acceptors (Lipinski definition) is 3. The van der Waals surface area contributed by atoms with Gasteiger partial charge in [-0.15, -0.1) is 0 Å². The van der Waals surface area contributed by atoms with Gasteiger partial charge in [0.25, 0.3) is 0 Å². The molecule has 0 bridgehead atoms. The lowest BCUT2D eigenvalue weighted by molar-refractivity contribution is -0.140. The van der Waals surface area contributed by atoms with Crippen molar-refractivity contribution >= 4 is 11.8 Å². The molecule has 0 aromatic heterocycles. The van der Waals surface area contributed by atoms with Crippen LogP contribution >= 0.6 is 0 Å². The van der Waals surface area contributed by atoms with Gasteiger partial charge in [-0.1, -0.05) is 57.4 Å². The Morgan fingerprint density at radius 3 is 2.45 bits per heavy atom. The second-order valence-electron chi connectivity index (χ2n) is 9.04. The molecule has 1 aliphatic heterocycles. The Morgan fingerprint density at radius 1 is 1.07 bits per heavy atom. The van der Waals surface area contributed by atoms with Crippen molar-refractivity contribution in [2.45, 2.75) is 84.0 Å². The van der Waals surface area contributed by atoms with E-state index in [2.05, 4.69) is 35.5 Å². The number of nitrogens with zero attached hydrogens (tertiary/aromatic N) is 2. The average Bonchev–Trinajstić information content (AvgIpc) is 3.22. The average molecular weight is 400 g/mol. The predicted octanol–water partition coefficient (Wildman–Crippen LogP) is 3.71. The van der Waals surface area contributed by atoms with Crippen LogP contribution in [0.3, 0.4) is 0 Å². The zero-order valence-corrected chi connectivity index (χ0v) is 18.3. The van der Waals surface area contributed by atoms with Gasteiger partial charge in [-0.2, -0.15) is 0 Å². The van der Waals surface area contributed by atoms with E-state index in [4.69, 9.17) is 0 Å². The number of nitrogens with one attached hydrogen (secondary N) is 1. The molecule has 1 aromatic rings. The fraction of sp³-hybridized carbons (Fsp3) is 0.667. The minimum absolute atomic E-state index is 0.0214. The molecule has 5 heteroatoms. The zero-order valence-electron chi connectivity index (χ0n) is 18.3. The highest BCUT2D eigenvalue weighted by Gasteiger charge is 2.34. The van der Waals surface area contributed by atoms with Crippen LogP contribution in [0.25, 0.3) is 0 Å². The van der Waals surface area contributed by atoms with E-state index in [9.17, 15) is 9.59 Å². The minimum atomic E-state index is -0.318. The minimum Gasteiger partial charge on any atom is -0.350 e. The third kappa shape index (κ3) is 5.59. The molecule has 2 aliphatic rings. The summed E-state index contributed by atoms with van der Waals surface area (Å²) in [6, 6.07) is 8.74. The van der Waals surface area contributed by atoms with E-state index >= 15 is 0 Å². The quantitative estimate of drug-likeness (QED) is 0.760. The molecule has 1 aliphatic carbocycles. The molecule has 3 rings (SSSR count). The van der Waals surface area contributed by atoms with Gasteiger partial charge in [0.05, 0.1) is 0 Å². The molecular formula is C24H37N3O2. The van der Waals surface area contributed by atoms with E-state index < -0.39 is 0 Å². The lowest BCUT2D eigenvalue weighted by Gasteiger charge is -2.31. The van der Waals surface area contributed by atoms with Crippen molar-refractivity contribution in [1.29, 1.82) is 0 Å². The van der Waals surface area contributed by atoms with E-state index in [1.165, 1.54) is 43.2 Å². The standard InChI is InChI=1S/C24H37N3O2/c1-18(2)24(29)27-15-9-14-22(27)23(28)25-16-19-10-7-8-11-20(19)17-26(3)21-12-5-4-6-13-21/h7-8,10-11,18,21-22H,4-6,9,12-17H2,1-3H3,(H,25,28). The summed E-state index contributed by atoms with van der Waals surface area (Å²) >= 11 is 0. The van der Waals surface area contributed by atoms with Crippen molar-refractivity contribution in [2.75, 3.05) is 13.6 Å². The Kier molecular flexibility index (Phi) is 7.70. The van der Waals surface area contributed by atoms with E-state index in [1.807, 2.05) is 19.9 Å². The van der Waals surface area contributed by atoms with Gasteiger partial charge in [0, 0.05) is 31.6 Å². The predicted molar refractivity (Wildman–Crippen MR) is 116 cm³/mol. The van der Waals surface area contributed by atoms with Crippen molar-refractivity contribution in [2.24, 2.45) is 5.92 Å². The normalized spacial score (nSPS) is 20.4. The summed E-state index contributed by atoms with van der Waals surface area (Å²) in [6.07, 6.45) is 8.27. The molecule has 1 aromatic carbocycles. The SMILES string of the molecule is CC(C)C(=O)N1CCCC1C(=O)NCc1ccccc1CN(C)C1CCCCC1. The largest absolute Gasteiger partial charge is 0.350 e. The molecule has 1 heterocycles. The van der Waals surface area contributed by atoms with E-state index in [1.54, 1.807) is 4.90 Å². The van der Waals surface area contributed by atoms with Gasteiger partial charge in [0.15, 0.2) is 0 Å². The molecule has 1 unspecified atom stereocenters. The van der Waals surface area contributed by atoms with Crippen LogP contribution in [-0.2, 0) is 22.7 Å². The third-order valence-corrected chi connectivity index (χ3v) is 6.52. The van der Waals surface area contributed by atoms with Crippen molar-refractivity contribution in [3.05, 3.63) is 35.4 Å². The number of amides is 2. The molecule has 5 nitrogen and oxygen atoms in total. The van der Waals surface area contributed by atoms with Crippen LogP contribution in [0.2, 0.25) is 0 Å². The molecule has 160 valence electrons. The van der Waals surface area contributed by atoms with Gasteiger partial charge in [0.1, 0.15) is 6.04 Å². The van der Waals surface area contributed by atoms with Crippen LogP contribution in [0.15, 0.2) is 24.3 Å². The topological polar surface area (TPSA) is 52.7 Å². The summed E-state index contributed by atoms with van der Waals surface area (Å²) < 4.78 is 0. The van der Waals surface area contributed by atoms with Crippen molar-refractivity contribution < 1.29 is 9.59 Å². The molecule has 1 saturated heterocycles. The van der Waals surface area contributed by atoms with Gasteiger partial charge in [-0.05, 0) is 43.9 Å². The van der Waals surface area contributed by atoms with E-state index in [-0.39, 0.29) is 23.8 Å². The number of rotatable bonds is 7. The molecule has 1 N–H and O–H groups in total. The highest BCUT2D eigenvalue weighted by atomic mass is 16.2. The Labute approximate surface area is 175 Å². The maximum absolute atomic E-state index is 12.8. The molecule has 29 heavy (non-hydrogen) atoms. The number of benzene rings is 1. The van der Waals surface area contributed by atoms with Gasteiger partial charge in [-0.25, -0.2) is 0 Å². The Morgan fingerprint density at radius 2 is 1.76 bits per heavy atom. The second-order valence-corrected chi connectivity index (χ2v) is 9.04. The lowest BCUT2D eigenvalue weighted by Crippen LogP contribution is -2.47. The number of carbonyl (C=O) groups is 2. The van der Waals surface area contributed by atoms with Gasteiger partial charge < -0.3 is 10.2 Å². The van der Waals surface area contributed by atoms with E-state index in [0.29, 0.717) is 19.1 Å². The van der Waals surface area contributed by atoms with Gasteiger partial charge in [-0.3, -0.25) is 14.5 Å². The van der Waals surface area contributed by atoms with Crippen LogP contribution < -0.4 is 5.32 Å². The highest BCUT2D eigenvalue weighted by molar-refractivity contribution is 5.88. The first-order valence-corrected chi connectivity index (χ1v) is 11.3. The molecule has 0 radical (unpaired) electrons. The Balaban J connectivity index is 1.59. The smallest absolute Gasteiger partial charge is 0.243 e. The summed E-state index contributed by atoms with van der Waals surface area (Å²) in [5.74, 6) is -0.0106. The van der Waals surface area contributed by atoms with Crippen LogP contribution in [0.1, 0.15) is 69.9 Å². The van der Waals surface area contributed by atoms with Crippen LogP contribution in [0.5, 0.6) is 0 Å². The van der Waals surface area contributed by atoms with Crippen LogP contribution in [0.4, 0.5) is 0 Å². The second kappa shape index (κ2) is 10.2. The fourth-order valence-electron chi connectivity index (χ4n) is 4.74. The monoisotopic (exact) mass is 399 g/mol. The van der Waals surface area contributed by atoms with Gasteiger partial charge >= 0.3 is 0 Å². The summed E-state index contributed by atoms with van der Waals surface area (Å²) in [5, 5.41) is 3.11.